The van der Waals surface area contributed by atoms with Crippen molar-refractivity contribution in [1.29, 1.82) is 0 Å². The number of hydrogen-bond acceptors (Lipinski definition) is 2. The van der Waals surface area contributed by atoms with Crippen LogP contribution in [0.5, 0.6) is 0 Å². The van der Waals surface area contributed by atoms with Crippen LogP contribution in [0.1, 0.15) is 20.8 Å². The van der Waals surface area contributed by atoms with Crippen LogP contribution in [0.3, 0.4) is 0 Å². The minimum absolute atomic E-state index is 0.0324. The number of aliphatic carboxylic acids is 1. The van der Waals surface area contributed by atoms with Gasteiger partial charge in [-0.2, -0.15) is 0 Å². The number of rotatable bonds is 2. The molecule has 0 aliphatic carbocycles. The molecular formula is C7H13NO2. The molecule has 0 radical (unpaired) electrons. The summed E-state index contributed by atoms with van der Waals surface area (Å²) in [6, 6.07) is 0. The molecule has 0 fully saturated rings. The number of carboxylic acid groups (broad SMARTS) is 1. The zero-order valence-corrected chi connectivity index (χ0v) is 6.51. The highest BCUT2D eigenvalue weighted by atomic mass is 16.4. The number of hydrogen-bond donors (Lipinski definition) is 2. The van der Waals surface area contributed by atoms with Gasteiger partial charge in [-0.25, -0.2) is 4.79 Å². The first-order valence-electron chi connectivity index (χ1n) is 3.16. The van der Waals surface area contributed by atoms with Crippen LogP contribution in [0.25, 0.3) is 0 Å². The molecule has 0 amide bonds. The average molecular weight is 143 g/mol. The summed E-state index contributed by atoms with van der Waals surface area (Å²) in [4.78, 5) is 10.3. The summed E-state index contributed by atoms with van der Waals surface area (Å²) in [5.74, 6) is -0.831. The van der Waals surface area contributed by atoms with Crippen molar-refractivity contribution in [2.24, 2.45) is 11.7 Å². The predicted octanol–water partition coefficient (Wildman–Crippen LogP) is 0.960. The Morgan fingerprint density at radius 1 is 1.50 bits per heavy atom. The Morgan fingerprint density at radius 2 is 1.90 bits per heavy atom. The lowest BCUT2D eigenvalue weighted by Gasteiger charge is -2.06. The molecule has 10 heavy (non-hydrogen) atoms. The van der Waals surface area contributed by atoms with Gasteiger partial charge in [-0.05, 0) is 18.4 Å². The van der Waals surface area contributed by atoms with Crippen molar-refractivity contribution in [3.63, 3.8) is 0 Å². The molecular weight excluding hydrogens is 130 g/mol. The van der Waals surface area contributed by atoms with E-state index in [1.54, 1.807) is 6.92 Å². The average Bonchev–Trinajstić information content (AvgIpc) is 1.84. The first-order chi connectivity index (χ1) is 4.46. The zero-order chi connectivity index (χ0) is 8.31. The molecule has 3 nitrogen and oxygen atoms in total. The molecule has 0 aromatic carbocycles. The van der Waals surface area contributed by atoms with E-state index in [1.165, 1.54) is 0 Å². The van der Waals surface area contributed by atoms with E-state index in [9.17, 15) is 4.79 Å². The van der Waals surface area contributed by atoms with Crippen molar-refractivity contribution >= 4 is 5.97 Å². The largest absolute Gasteiger partial charge is 0.477 e. The third-order valence-electron chi connectivity index (χ3n) is 1.52. The number of carboxylic acids is 1. The monoisotopic (exact) mass is 143 g/mol. The van der Waals surface area contributed by atoms with Crippen LogP contribution >= 0.6 is 0 Å². The maximum absolute atomic E-state index is 10.3. The molecule has 0 aromatic heterocycles. The second-order valence-electron chi connectivity index (χ2n) is 2.56. The first-order valence-corrected chi connectivity index (χ1v) is 3.16. The quantitative estimate of drug-likeness (QED) is 0.566. The minimum atomic E-state index is -1.04. The number of allylic oxidation sites excluding steroid dienone is 1. The lowest BCUT2D eigenvalue weighted by molar-refractivity contribution is -0.132. The van der Waals surface area contributed by atoms with Gasteiger partial charge in [0, 0.05) is 0 Å². The van der Waals surface area contributed by atoms with E-state index in [1.807, 2.05) is 13.8 Å². The van der Waals surface area contributed by atoms with Crippen molar-refractivity contribution < 1.29 is 9.90 Å². The summed E-state index contributed by atoms with van der Waals surface area (Å²) in [6.45, 7) is 5.55. The molecule has 0 rings (SSSR count). The molecule has 0 spiro atoms. The summed E-state index contributed by atoms with van der Waals surface area (Å²) in [5.41, 5.74) is 5.94. The standard InChI is InChI=1S/C7H13NO2/c1-4(2)5(3)6(8)7(9)10/h4H,8H2,1-3H3,(H,9,10)/b6-5+. The van der Waals surface area contributed by atoms with E-state index in [0.29, 0.717) is 0 Å². The maximum Gasteiger partial charge on any atom is 0.351 e. The van der Waals surface area contributed by atoms with Gasteiger partial charge in [-0.1, -0.05) is 13.8 Å². The predicted molar refractivity (Wildman–Crippen MR) is 39.4 cm³/mol. The molecule has 0 aliphatic rings. The van der Waals surface area contributed by atoms with Crippen LogP contribution in [0, 0.1) is 5.92 Å². The van der Waals surface area contributed by atoms with Gasteiger partial charge in [0.15, 0.2) is 0 Å². The van der Waals surface area contributed by atoms with Crippen LogP contribution in [0.2, 0.25) is 0 Å². The molecule has 0 unspecified atom stereocenters. The van der Waals surface area contributed by atoms with Crippen LogP contribution in [-0.4, -0.2) is 11.1 Å². The Kier molecular flexibility index (Phi) is 2.93. The first kappa shape index (κ1) is 9.01. The minimum Gasteiger partial charge on any atom is -0.477 e. The molecule has 0 aromatic rings. The van der Waals surface area contributed by atoms with Gasteiger partial charge in [-0.15, -0.1) is 0 Å². The van der Waals surface area contributed by atoms with E-state index < -0.39 is 5.97 Å². The van der Waals surface area contributed by atoms with E-state index >= 15 is 0 Å². The number of nitrogens with two attached hydrogens (primary N) is 1. The summed E-state index contributed by atoms with van der Waals surface area (Å²) < 4.78 is 0. The van der Waals surface area contributed by atoms with Crippen LogP contribution in [0.4, 0.5) is 0 Å². The van der Waals surface area contributed by atoms with Gasteiger partial charge < -0.3 is 10.8 Å². The Hall–Kier alpha value is -0.990. The fraction of sp³-hybridized carbons (Fsp3) is 0.571. The summed E-state index contributed by atoms with van der Waals surface area (Å²) >= 11 is 0. The SMILES string of the molecule is C/C(=C(\N)C(=O)O)C(C)C. The lowest BCUT2D eigenvalue weighted by Crippen LogP contribution is -2.14. The van der Waals surface area contributed by atoms with Gasteiger partial charge in [0.2, 0.25) is 0 Å². The highest BCUT2D eigenvalue weighted by molar-refractivity contribution is 5.86. The van der Waals surface area contributed by atoms with Gasteiger partial charge >= 0.3 is 5.97 Å². The third-order valence-corrected chi connectivity index (χ3v) is 1.52. The topological polar surface area (TPSA) is 63.3 Å². The van der Waals surface area contributed by atoms with E-state index in [2.05, 4.69) is 0 Å². The second kappa shape index (κ2) is 3.25. The highest BCUT2D eigenvalue weighted by Crippen LogP contribution is 2.10. The van der Waals surface area contributed by atoms with Gasteiger partial charge in [0.05, 0.1) is 0 Å². The molecule has 0 atom stereocenters. The van der Waals surface area contributed by atoms with Crippen molar-refractivity contribution in [2.45, 2.75) is 20.8 Å². The Balaban J connectivity index is 4.50. The molecule has 0 aliphatic heterocycles. The molecule has 3 heteroatoms. The van der Waals surface area contributed by atoms with Crippen molar-refractivity contribution in [3.05, 3.63) is 11.3 Å². The molecule has 0 bridgehead atoms. The Labute approximate surface area is 60.5 Å². The third kappa shape index (κ3) is 2.09. The van der Waals surface area contributed by atoms with Crippen LogP contribution in [-0.2, 0) is 4.79 Å². The van der Waals surface area contributed by atoms with Crippen LogP contribution < -0.4 is 5.73 Å². The number of carbonyl (C=O) groups is 1. The maximum atomic E-state index is 10.3. The van der Waals surface area contributed by atoms with Crippen molar-refractivity contribution in [3.8, 4) is 0 Å². The van der Waals surface area contributed by atoms with Crippen LogP contribution in [0.15, 0.2) is 11.3 Å². The zero-order valence-electron chi connectivity index (χ0n) is 6.51. The highest BCUT2D eigenvalue weighted by Gasteiger charge is 2.08. The Morgan fingerprint density at radius 3 is 2.00 bits per heavy atom. The van der Waals surface area contributed by atoms with Gasteiger partial charge in [0.25, 0.3) is 0 Å². The molecule has 0 saturated carbocycles. The normalized spacial score (nSPS) is 13.2. The molecule has 0 heterocycles. The van der Waals surface area contributed by atoms with Crippen molar-refractivity contribution in [2.75, 3.05) is 0 Å². The second-order valence-corrected chi connectivity index (χ2v) is 2.56. The summed E-state index contributed by atoms with van der Waals surface area (Å²) in [6.07, 6.45) is 0. The van der Waals surface area contributed by atoms with E-state index in [0.717, 1.165) is 5.57 Å². The smallest absolute Gasteiger partial charge is 0.351 e. The fourth-order valence-corrected chi connectivity index (χ4v) is 0.480. The summed E-state index contributed by atoms with van der Waals surface area (Å²) in [7, 11) is 0. The van der Waals surface area contributed by atoms with Gasteiger partial charge in [-0.3, -0.25) is 0 Å². The molecule has 58 valence electrons. The lowest BCUT2D eigenvalue weighted by atomic mass is 10.0. The molecule has 3 N–H and O–H groups in total. The Bertz CT molecular complexity index is 170. The fourth-order valence-electron chi connectivity index (χ4n) is 0.480. The summed E-state index contributed by atoms with van der Waals surface area (Å²) in [5, 5.41) is 8.42. The van der Waals surface area contributed by atoms with E-state index in [4.69, 9.17) is 10.8 Å². The van der Waals surface area contributed by atoms with E-state index in [-0.39, 0.29) is 11.6 Å². The van der Waals surface area contributed by atoms with Crippen molar-refractivity contribution in [1.82, 2.24) is 0 Å². The van der Waals surface area contributed by atoms with Gasteiger partial charge in [0.1, 0.15) is 5.70 Å². The molecule has 0 saturated heterocycles.